The van der Waals surface area contributed by atoms with E-state index in [1.54, 1.807) is 6.08 Å². The summed E-state index contributed by atoms with van der Waals surface area (Å²) >= 11 is 0. The number of aliphatic hydroxyl groups excluding tert-OH is 7. The number of carbonyl (C=O) groups excluding carboxylic acids is 1. The number of allylic oxidation sites excluding steroid dienone is 3. The Morgan fingerprint density at radius 3 is 1.87 bits per heavy atom. The van der Waals surface area contributed by atoms with Gasteiger partial charge in [-0.3, -0.25) is 13.8 Å². The van der Waals surface area contributed by atoms with Crippen LogP contribution >= 0.6 is 7.82 Å². The standard InChI is InChI=1S/C33H62NO12P/c1-3-5-7-9-11-13-14-16-18-20-24(35)22-27(37)34-25(26(36)21-19-17-15-12-10-8-6-4-2)23-45-47(43,44)46-33-31(41)29(39)28(38)30(40)32(33)42/h9,11,19,21,24-26,28-33,35-36,38-42H,3-8,10,12-18,20,22-23H2,1-2H3,(H,34,37)(H,43,44)/b11-9-,21-19+. The van der Waals surface area contributed by atoms with Gasteiger partial charge in [-0.15, -0.1) is 0 Å². The third-order valence-electron chi connectivity index (χ3n) is 8.28. The molecule has 1 rings (SSSR count). The lowest BCUT2D eigenvalue weighted by Gasteiger charge is -2.41. The molecule has 47 heavy (non-hydrogen) atoms. The van der Waals surface area contributed by atoms with Crippen molar-refractivity contribution in [2.45, 2.75) is 171 Å². The van der Waals surface area contributed by atoms with Crippen LogP contribution < -0.4 is 5.32 Å². The summed E-state index contributed by atoms with van der Waals surface area (Å²) in [6.07, 6.45) is 7.66. The maximum absolute atomic E-state index is 12.8. The number of phosphoric ester groups is 1. The number of phosphoric acid groups is 1. The monoisotopic (exact) mass is 695 g/mol. The molecule has 0 saturated heterocycles. The van der Waals surface area contributed by atoms with E-state index in [0.29, 0.717) is 12.8 Å². The van der Waals surface area contributed by atoms with Crippen molar-refractivity contribution in [2.24, 2.45) is 0 Å². The first-order valence-electron chi connectivity index (χ1n) is 17.4. The molecule has 0 radical (unpaired) electrons. The van der Waals surface area contributed by atoms with Gasteiger partial charge in [-0.05, 0) is 38.5 Å². The van der Waals surface area contributed by atoms with E-state index in [9.17, 15) is 50.0 Å². The Morgan fingerprint density at radius 1 is 0.745 bits per heavy atom. The van der Waals surface area contributed by atoms with Crippen LogP contribution in [0.15, 0.2) is 24.3 Å². The van der Waals surface area contributed by atoms with Gasteiger partial charge in [-0.2, -0.15) is 0 Å². The second kappa shape index (κ2) is 24.8. The van der Waals surface area contributed by atoms with E-state index < -0.39 is 75.2 Å². The molecule has 276 valence electrons. The van der Waals surface area contributed by atoms with Crippen molar-refractivity contribution in [3.05, 3.63) is 24.3 Å². The minimum Gasteiger partial charge on any atom is -0.393 e. The summed E-state index contributed by atoms with van der Waals surface area (Å²) in [5, 5.41) is 73.6. The number of rotatable bonds is 26. The molecule has 0 aliphatic heterocycles. The maximum Gasteiger partial charge on any atom is 0.472 e. The van der Waals surface area contributed by atoms with Crippen LogP contribution in [-0.4, -0.2) is 108 Å². The molecule has 8 unspecified atom stereocenters. The van der Waals surface area contributed by atoms with Gasteiger partial charge >= 0.3 is 7.82 Å². The fourth-order valence-electron chi connectivity index (χ4n) is 5.28. The number of hydrogen-bond acceptors (Lipinski definition) is 11. The SMILES string of the molecule is CCCC/C=C\CCCCCC(O)CC(=O)NC(COP(=O)(O)OC1C(O)C(O)C(O)C(O)C1O)C(O)/C=C/CCCCCCCC. The highest BCUT2D eigenvalue weighted by atomic mass is 31.2. The molecule has 9 N–H and O–H groups in total. The van der Waals surface area contributed by atoms with Gasteiger partial charge in [0.1, 0.15) is 36.6 Å². The van der Waals surface area contributed by atoms with Gasteiger partial charge in [-0.25, -0.2) is 4.57 Å². The second-order valence-corrected chi connectivity index (χ2v) is 14.0. The Bertz CT molecular complexity index is 921. The first-order chi connectivity index (χ1) is 22.3. The van der Waals surface area contributed by atoms with Gasteiger partial charge in [0.15, 0.2) is 0 Å². The van der Waals surface area contributed by atoms with Crippen molar-refractivity contribution in [1.82, 2.24) is 5.32 Å². The first-order valence-corrected chi connectivity index (χ1v) is 18.9. The van der Waals surface area contributed by atoms with Crippen LogP contribution in [0.5, 0.6) is 0 Å². The zero-order valence-electron chi connectivity index (χ0n) is 28.2. The van der Waals surface area contributed by atoms with Crippen molar-refractivity contribution in [3.8, 4) is 0 Å². The average molecular weight is 696 g/mol. The number of nitrogens with one attached hydrogen (secondary N) is 1. The Hall–Kier alpha value is -1.22. The van der Waals surface area contributed by atoms with E-state index in [1.807, 2.05) is 0 Å². The molecule has 1 saturated carbocycles. The normalized spacial score (nSPS) is 26.8. The van der Waals surface area contributed by atoms with Crippen LogP contribution in [0, 0.1) is 0 Å². The largest absolute Gasteiger partial charge is 0.472 e. The fourth-order valence-corrected chi connectivity index (χ4v) is 6.24. The van der Waals surface area contributed by atoms with Gasteiger partial charge in [0.25, 0.3) is 0 Å². The average Bonchev–Trinajstić information content (AvgIpc) is 3.03. The molecule has 0 bridgehead atoms. The number of amides is 1. The Kier molecular flexibility index (Phi) is 23.2. The van der Waals surface area contributed by atoms with Gasteiger partial charge < -0.3 is 46.0 Å². The number of hydrogen-bond donors (Lipinski definition) is 9. The Labute approximate surface area is 280 Å². The van der Waals surface area contributed by atoms with E-state index in [0.717, 1.165) is 70.6 Å². The van der Waals surface area contributed by atoms with Crippen molar-refractivity contribution in [1.29, 1.82) is 0 Å². The zero-order chi connectivity index (χ0) is 35.2. The summed E-state index contributed by atoms with van der Waals surface area (Å²) < 4.78 is 22.6. The van der Waals surface area contributed by atoms with E-state index in [1.165, 1.54) is 18.9 Å². The minimum atomic E-state index is -5.12. The molecule has 1 aliphatic rings. The Balaban J connectivity index is 2.73. The molecular formula is C33H62NO12P. The van der Waals surface area contributed by atoms with Crippen LogP contribution in [0.2, 0.25) is 0 Å². The predicted octanol–water partition coefficient (Wildman–Crippen LogP) is 2.91. The van der Waals surface area contributed by atoms with Crippen molar-refractivity contribution in [2.75, 3.05) is 6.61 Å². The fraction of sp³-hybridized carbons (Fsp3) is 0.848. The van der Waals surface area contributed by atoms with Crippen molar-refractivity contribution < 1.29 is 59.0 Å². The highest BCUT2D eigenvalue weighted by Gasteiger charge is 2.51. The summed E-state index contributed by atoms with van der Waals surface area (Å²) in [4.78, 5) is 23.1. The third-order valence-corrected chi connectivity index (χ3v) is 9.27. The lowest BCUT2D eigenvalue weighted by Crippen LogP contribution is -2.64. The number of unbranched alkanes of at least 4 members (excludes halogenated alkanes) is 11. The molecule has 0 heterocycles. The molecule has 14 heteroatoms. The van der Waals surface area contributed by atoms with Crippen LogP contribution in [0.4, 0.5) is 0 Å². The van der Waals surface area contributed by atoms with E-state index in [2.05, 4.69) is 31.3 Å². The van der Waals surface area contributed by atoms with Crippen molar-refractivity contribution >= 4 is 13.7 Å². The molecular weight excluding hydrogens is 633 g/mol. The molecule has 0 aromatic heterocycles. The van der Waals surface area contributed by atoms with E-state index >= 15 is 0 Å². The second-order valence-electron chi connectivity index (χ2n) is 12.5. The third kappa shape index (κ3) is 18.4. The lowest BCUT2D eigenvalue weighted by molar-refractivity contribution is -0.220. The molecule has 8 atom stereocenters. The molecule has 13 nitrogen and oxygen atoms in total. The first kappa shape index (κ1) is 43.8. The van der Waals surface area contributed by atoms with Crippen LogP contribution in [0.25, 0.3) is 0 Å². The van der Waals surface area contributed by atoms with Crippen LogP contribution in [0.3, 0.4) is 0 Å². The minimum absolute atomic E-state index is 0.256. The van der Waals surface area contributed by atoms with Gasteiger partial charge in [0, 0.05) is 0 Å². The number of aliphatic hydroxyl groups is 7. The highest BCUT2D eigenvalue weighted by Crippen LogP contribution is 2.47. The van der Waals surface area contributed by atoms with E-state index in [4.69, 9.17) is 9.05 Å². The number of carbonyl (C=O) groups is 1. The Morgan fingerprint density at radius 2 is 1.26 bits per heavy atom. The maximum atomic E-state index is 12.8. The summed E-state index contributed by atoms with van der Waals surface area (Å²) in [5.74, 6) is -0.611. The molecule has 1 amide bonds. The molecule has 1 fully saturated rings. The van der Waals surface area contributed by atoms with Gasteiger partial charge in [0.05, 0.1) is 31.3 Å². The smallest absolute Gasteiger partial charge is 0.393 e. The van der Waals surface area contributed by atoms with Gasteiger partial charge in [-0.1, -0.05) is 95.9 Å². The highest BCUT2D eigenvalue weighted by molar-refractivity contribution is 7.47. The quantitative estimate of drug-likeness (QED) is 0.0362. The summed E-state index contributed by atoms with van der Waals surface area (Å²) in [5.41, 5.74) is 0. The summed E-state index contributed by atoms with van der Waals surface area (Å²) in [6.45, 7) is 3.56. The van der Waals surface area contributed by atoms with Crippen molar-refractivity contribution in [3.63, 3.8) is 0 Å². The summed E-state index contributed by atoms with van der Waals surface area (Å²) in [6, 6.07) is -1.24. The molecule has 0 aromatic carbocycles. The van der Waals surface area contributed by atoms with Gasteiger partial charge in [0.2, 0.25) is 5.91 Å². The predicted molar refractivity (Wildman–Crippen MR) is 178 cm³/mol. The lowest BCUT2D eigenvalue weighted by atomic mass is 9.85. The molecule has 0 spiro atoms. The van der Waals surface area contributed by atoms with Crippen LogP contribution in [-0.2, 0) is 18.4 Å². The van der Waals surface area contributed by atoms with Crippen LogP contribution in [0.1, 0.15) is 117 Å². The topological polar surface area (TPSA) is 226 Å². The summed E-state index contributed by atoms with van der Waals surface area (Å²) in [7, 11) is -5.12. The zero-order valence-corrected chi connectivity index (χ0v) is 29.1. The van der Waals surface area contributed by atoms with E-state index in [-0.39, 0.29) is 6.42 Å². The molecule has 1 aliphatic carbocycles. The molecule has 0 aromatic rings.